The zero-order valence-corrected chi connectivity index (χ0v) is 18.9. The fourth-order valence-electron chi connectivity index (χ4n) is 3.80. The number of pyridine rings is 1. The summed E-state index contributed by atoms with van der Waals surface area (Å²) < 4.78 is 2.08. The molecule has 0 radical (unpaired) electrons. The highest BCUT2D eigenvalue weighted by atomic mass is 32.2. The molecule has 1 aliphatic rings. The smallest absolute Gasteiger partial charge is 0.233 e. The van der Waals surface area contributed by atoms with E-state index >= 15 is 0 Å². The molecular weight excluding hydrogens is 408 g/mol. The minimum atomic E-state index is 0.161. The first-order chi connectivity index (χ1) is 15.1. The number of rotatable bonds is 7. The largest absolute Gasteiger partial charge is 0.339 e. The molecule has 1 aromatic carbocycles. The van der Waals surface area contributed by atoms with Crippen molar-refractivity contribution in [1.29, 1.82) is 0 Å². The van der Waals surface area contributed by atoms with Gasteiger partial charge >= 0.3 is 0 Å². The summed E-state index contributed by atoms with van der Waals surface area (Å²) in [5.74, 6) is 1.40. The van der Waals surface area contributed by atoms with E-state index in [0.29, 0.717) is 5.75 Å². The SMILES string of the molecule is CCn1c(SCC(=O)N2CCN(Cc3cccnc3)CC2)nnc1-c1cccc(C)c1. The number of hydrogen-bond donors (Lipinski definition) is 0. The molecule has 1 amide bonds. The number of benzene rings is 1. The van der Waals surface area contributed by atoms with E-state index in [4.69, 9.17) is 0 Å². The molecule has 4 rings (SSSR count). The van der Waals surface area contributed by atoms with Gasteiger partial charge in [-0.25, -0.2) is 0 Å². The average Bonchev–Trinajstić information content (AvgIpc) is 3.21. The number of piperazine rings is 1. The van der Waals surface area contributed by atoms with Gasteiger partial charge in [0.25, 0.3) is 0 Å². The van der Waals surface area contributed by atoms with Crippen LogP contribution in [0, 0.1) is 6.92 Å². The van der Waals surface area contributed by atoms with Gasteiger partial charge in [0.15, 0.2) is 11.0 Å². The maximum absolute atomic E-state index is 12.8. The third-order valence-electron chi connectivity index (χ3n) is 5.49. The van der Waals surface area contributed by atoms with Crippen LogP contribution < -0.4 is 0 Å². The molecule has 0 bridgehead atoms. The van der Waals surface area contributed by atoms with Gasteiger partial charge in [0.1, 0.15) is 0 Å². The third-order valence-corrected chi connectivity index (χ3v) is 6.44. The summed E-state index contributed by atoms with van der Waals surface area (Å²) in [6.07, 6.45) is 3.70. The van der Waals surface area contributed by atoms with Crippen molar-refractivity contribution in [1.82, 2.24) is 29.5 Å². The van der Waals surface area contributed by atoms with Crippen molar-refractivity contribution in [3.63, 3.8) is 0 Å². The molecule has 0 atom stereocenters. The van der Waals surface area contributed by atoms with E-state index in [0.717, 1.165) is 55.8 Å². The Kier molecular flexibility index (Phi) is 6.99. The molecule has 3 aromatic rings. The first-order valence-electron chi connectivity index (χ1n) is 10.7. The summed E-state index contributed by atoms with van der Waals surface area (Å²) in [5.41, 5.74) is 3.45. The Morgan fingerprint density at radius 2 is 1.94 bits per heavy atom. The second kappa shape index (κ2) is 10.1. The highest BCUT2D eigenvalue weighted by Crippen LogP contribution is 2.25. The van der Waals surface area contributed by atoms with Gasteiger partial charge < -0.3 is 9.47 Å². The molecule has 0 saturated carbocycles. The minimum Gasteiger partial charge on any atom is -0.339 e. The minimum absolute atomic E-state index is 0.161. The number of thioether (sulfide) groups is 1. The molecule has 1 fully saturated rings. The zero-order chi connectivity index (χ0) is 21.6. The van der Waals surface area contributed by atoms with Crippen LogP contribution in [0.3, 0.4) is 0 Å². The lowest BCUT2D eigenvalue weighted by Crippen LogP contribution is -2.48. The van der Waals surface area contributed by atoms with Gasteiger partial charge in [-0.05, 0) is 31.5 Å². The predicted molar refractivity (Wildman–Crippen MR) is 123 cm³/mol. The van der Waals surface area contributed by atoms with Crippen molar-refractivity contribution in [2.24, 2.45) is 0 Å². The summed E-state index contributed by atoms with van der Waals surface area (Å²) in [4.78, 5) is 21.3. The Hall–Kier alpha value is -2.71. The summed E-state index contributed by atoms with van der Waals surface area (Å²) >= 11 is 1.47. The molecule has 0 unspecified atom stereocenters. The number of carbonyl (C=O) groups is 1. The molecule has 0 N–H and O–H groups in total. The van der Waals surface area contributed by atoms with E-state index in [2.05, 4.69) is 56.7 Å². The lowest BCUT2D eigenvalue weighted by Gasteiger charge is -2.34. The quantitative estimate of drug-likeness (QED) is 0.530. The molecule has 0 spiro atoms. The predicted octanol–water partition coefficient (Wildman–Crippen LogP) is 3.10. The Morgan fingerprint density at radius 3 is 2.65 bits per heavy atom. The first-order valence-corrected chi connectivity index (χ1v) is 11.6. The molecule has 1 aliphatic heterocycles. The van der Waals surface area contributed by atoms with Gasteiger partial charge in [-0.1, -0.05) is 41.6 Å². The summed E-state index contributed by atoms with van der Waals surface area (Å²) in [6.45, 7) is 9.08. The molecule has 3 heterocycles. The molecule has 2 aromatic heterocycles. The zero-order valence-electron chi connectivity index (χ0n) is 18.1. The van der Waals surface area contributed by atoms with Gasteiger partial charge in [0.05, 0.1) is 5.75 Å². The lowest BCUT2D eigenvalue weighted by molar-refractivity contribution is -0.130. The van der Waals surface area contributed by atoms with Gasteiger partial charge in [0, 0.05) is 57.2 Å². The first kappa shape index (κ1) is 21.5. The van der Waals surface area contributed by atoms with Crippen LogP contribution in [-0.2, 0) is 17.9 Å². The molecule has 31 heavy (non-hydrogen) atoms. The fraction of sp³-hybridized carbons (Fsp3) is 0.391. The van der Waals surface area contributed by atoms with Crippen molar-refractivity contribution < 1.29 is 4.79 Å². The van der Waals surface area contributed by atoms with Gasteiger partial charge in [-0.3, -0.25) is 14.7 Å². The Morgan fingerprint density at radius 1 is 1.10 bits per heavy atom. The molecule has 8 heteroatoms. The Balaban J connectivity index is 1.31. The van der Waals surface area contributed by atoms with Crippen molar-refractivity contribution in [2.45, 2.75) is 32.1 Å². The molecule has 1 saturated heterocycles. The topological polar surface area (TPSA) is 67.2 Å². The molecule has 162 valence electrons. The van der Waals surface area contributed by atoms with Gasteiger partial charge in [0.2, 0.25) is 5.91 Å². The van der Waals surface area contributed by atoms with E-state index in [9.17, 15) is 4.79 Å². The number of amides is 1. The van der Waals surface area contributed by atoms with Crippen molar-refractivity contribution >= 4 is 17.7 Å². The Labute approximate surface area is 187 Å². The van der Waals surface area contributed by atoms with Crippen LogP contribution in [0.2, 0.25) is 0 Å². The standard InChI is InChI=1S/C23H28N6OS/c1-3-29-22(20-8-4-6-18(2)14-20)25-26-23(29)31-17-21(30)28-12-10-27(11-13-28)16-19-7-5-9-24-15-19/h4-9,14-15H,3,10-13,16-17H2,1-2H3. The van der Waals surface area contributed by atoms with Crippen molar-refractivity contribution in [3.8, 4) is 11.4 Å². The summed E-state index contributed by atoms with van der Waals surface area (Å²) in [5, 5.41) is 9.55. The van der Waals surface area contributed by atoms with Crippen LogP contribution in [0.5, 0.6) is 0 Å². The molecule has 7 nitrogen and oxygen atoms in total. The highest BCUT2D eigenvalue weighted by molar-refractivity contribution is 7.99. The summed E-state index contributed by atoms with van der Waals surface area (Å²) in [6, 6.07) is 12.3. The van der Waals surface area contributed by atoms with E-state index in [1.807, 2.05) is 29.3 Å². The highest BCUT2D eigenvalue weighted by Gasteiger charge is 2.22. The van der Waals surface area contributed by atoms with Crippen LogP contribution >= 0.6 is 11.8 Å². The third kappa shape index (κ3) is 5.32. The van der Waals surface area contributed by atoms with Crippen LogP contribution in [0.15, 0.2) is 53.9 Å². The molecule has 0 aliphatic carbocycles. The van der Waals surface area contributed by atoms with E-state index in [1.165, 1.54) is 22.9 Å². The number of aromatic nitrogens is 4. The maximum Gasteiger partial charge on any atom is 0.233 e. The fourth-order valence-corrected chi connectivity index (χ4v) is 4.71. The Bertz CT molecular complexity index is 1010. The van der Waals surface area contributed by atoms with Crippen LogP contribution in [-0.4, -0.2) is 67.4 Å². The number of aryl methyl sites for hydroxylation is 1. The maximum atomic E-state index is 12.8. The van der Waals surface area contributed by atoms with Crippen molar-refractivity contribution in [3.05, 3.63) is 59.9 Å². The van der Waals surface area contributed by atoms with E-state index in [-0.39, 0.29) is 5.91 Å². The van der Waals surface area contributed by atoms with Crippen molar-refractivity contribution in [2.75, 3.05) is 31.9 Å². The summed E-state index contributed by atoms with van der Waals surface area (Å²) in [7, 11) is 0. The monoisotopic (exact) mass is 436 g/mol. The number of carbonyl (C=O) groups excluding carboxylic acids is 1. The second-order valence-electron chi connectivity index (χ2n) is 7.73. The average molecular weight is 437 g/mol. The normalized spacial score (nSPS) is 14.7. The van der Waals surface area contributed by atoms with E-state index < -0.39 is 0 Å². The van der Waals surface area contributed by atoms with Gasteiger partial charge in [-0.15, -0.1) is 10.2 Å². The second-order valence-corrected chi connectivity index (χ2v) is 8.67. The van der Waals surface area contributed by atoms with Crippen LogP contribution in [0.25, 0.3) is 11.4 Å². The van der Waals surface area contributed by atoms with E-state index in [1.54, 1.807) is 6.20 Å². The van der Waals surface area contributed by atoms with Crippen LogP contribution in [0.4, 0.5) is 0 Å². The number of nitrogens with zero attached hydrogens (tertiary/aromatic N) is 6. The number of hydrogen-bond acceptors (Lipinski definition) is 6. The lowest BCUT2D eigenvalue weighted by atomic mass is 10.1. The van der Waals surface area contributed by atoms with Gasteiger partial charge in [-0.2, -0.15) is 0 Å². The molecular formula is C23H28N6OS. The van der Waals surface area contributed by atoms with Crippen LogP contribution in [0.1, 0.15) is 18.1 Å².